The number of rotatable bonds is 8. The lowest BCUT2D eigenvalue weighted by Crippen LogP contribution is -2.22. The van der Waals surface area contributed by atoms with Crippen molar-refractivity contribution in [3.8, 4) is 5.75 Å². The molecule has 0 saturated heterocycles. The number of carbonyl (C=O) groups is 2. The minimum atomic E-state index is -0.748. The van der Waals surface area contributed by atoms with Gasteiger partial charge in [0.15, 0.2) is 6.61 Å². The lowest BCUT2D eigenvalue weighted by Gasteiger charge is -2.12. The van der Waals surface area contributed by atoms with Crippen molar-refractivity contribution in [3.63, 3.8) is 0 Å². The number of nitro benzene ring substituents is 1. The molecule has 164 valence electrons. The van der Waals surface area contributed by atoms with Crippen molar-refractivity contribution >= 4 is 39.2 Å². The first-order valence-electron chi connectivity index (χ1n) is 9.53. The molecule has 0 aliphatic rings. The number of benzene rings is 3. The molecule has 32 heavy (non-hydrogen) atoms. The Labute approximate surface area is 192 Å². The monoisotopic (exact) mass is 498 g/mol. The van der Waals surface area contributed by atoms with Gasteiger partial charge in [-0.2, -0.15) is 0 Å². The highest BCUT2D eigenvalue weighted by molar-refractivity contribution is 9.10. The molecule has 0 heterocycles. The van der Waals surface area contributed by atoms with Crippen molar-refractivity contribution in [3.05, 3.63) is 98.0 Å². The Balaban J connectivity index is 1.64. The van der Waals surface area contributed by atoms with Gasteiger partial charge in [-0.1, -0.05) is 58.4 Å². The zero-order valence-electron chi connectivity index (χ0n) is 17.0. The Morgan fingerprint density at radius 2 is 1.75 bits per heavy atom. The SMILES string of the molecule is Cc1cccc([N+](=O)[O-])c1NC(=O)COC(=O)c1ccccc1OCc1ccccc1Br. The summed E-state index contributed by atoms with van der Waals surface area (Å²) in [4.78, 5) is 35.4. The molecule has 8 nitrogen and oxygen atoms in total. The number of esters is 1. The third kappa shape index (κ3) is 5.70. The van der Waals surface area contributed by atoms with E-state index in [1.54, 1.807) is 31.2 Å². The van der Waals surface area contributed by atoms with Crippen LogP contribution in [-0.2, 0) is 16.1 Å². The first-order valence-corrected chi connectivity index (χ1v) is 10.3. The third-order valence-corrected chi connectivity index (χ3v) is 5.27. The molecule has 3 rings (SSSR count). The molecule has 0 radical (unpaired) electrons. The van der Waals surface area contributed by atoms with E-state index in [1.165, 1.54) is 18.2 Å². The molecule has 0 spiro atoms. The summed E-state index contributed by atoms with van der Waals surface area (Å²) in [7, 11) is 0. The molecule has 1 N–H and O–H groups in total. The summed E-state index contributed by atoms with van der Waals surface area (Å²) in [5, 5.41) is 13.6. The summed E-state index contributed by atoms with van der Waals surface area (Å²) in [6, 6.07) is 18.5. The van der Waals surface area contributed by atoms with Gasteiger partial charge in [0, 0.05) is 16.1 Å². The highest BCUT2D eigenvalue weighted by atomic mass is 79.9. The number of nitro groups is 1. The van der Waals surface area contributed by atoms with Crippen LogP contribution in [-0.4, -0.2) is 23.4 Å². The first-order chi connectivity index (χ1) is 15.4. The molecular weight excluding hydrogens is 480 g/mol. The summed E-state index contributed by atoms with van der Waals surface area (Å²) >= 11 is 3.45. The van der Waals surface area contributed by atoms with E-state index in [9.17, 15) is 19.7 Å². The Hall–Kier alpha value is -3.72. The van der Waals surface area contributed by atoms with Crippen molar-refractivity contribution in [1.82, 2.24) is 0 Å². The van der Waals surface area contributed by atoms with Crippen molar-refractivity contribution in [2.75, 3.05) is 11.9 Å². The predicted octanol–water partition coefficient (Wildman–Crippen LogP) is 5.04. The van der Waals surface area contributed by atoms with Gasteiger partial charge in [0.1, 0.15) is 23.6 Å². The van der Waals surface area contributed by atoms with Gasteiger partial charge in [-0.3, -0.25) is 14.9 Å². The maximum atomic E-state index is 12.5. The van der Waals surface area contributed by atoms with Crippen LogP contribution in [0, 0.1) is 17.0 Å². The van der Waals surface area contributed by atoms with Crippen LogP contribution in [0.5, 0.6) is 5.75 Å². The third-order valence-electron chi connectivity index (χ3n) is 4.49. The number of nitrogens with zero attached hydrogens (tertiary/aromatic N) is 1. The van der Waals surface area contributed by atoms with E-state index in [2.05, 4.69) is 21.2 Å². The minimum Gasteiger partial charge on any atom is -0.488 e. The van der Waals surface area contributed by atoms with E-state index in [0.29, 0.717) is 11.3 Å². The Morgan fingerprint density at radius 3 is 2.50 bits per heavy atom. The molecule has 0 aromatic heterocycles. The number of aryl methyl sites for hydroxylation is 1. The second-order valence-electron chi connectivity index (χ2n) is 6.73. The summed E-state index contributed by atoms with van der Waals surface area (Å²) < 4.78 is 11.8. The molecule has 9 heteroatoms. The molecular formula is C23H19BrN2O6. The van der Waals surface area contributed by atoms with Crippen LogP contribution in [0.1, 0.15) is 21.5 Å². The Kier molecular flexibility index (Phi) is 7.56. The number of nitrogens with one attached hydrogen (secondary N) is 1. The van der Waals surface area contributed by atoms with Gasteiger partial charge in [-0.05, 0) is 30.7 Å². The fourth-order valence-electron chi connectivity index (χ4n) is 2.88. The second-order valence-corrected chi connectivity index (χ2v) is 7.58. The van der Waals surface area contributed by atoms with E-state index in [4.69, 9.17) is 9.47 Å². The number of amides is 1. The first kappa shape index (κ1) is 23.0. The van der Waals surface area contributed by atoms with E-state index >= 15 is 0 Å². The van der Waals surface area contributed by atoms with Gasteiger partial charge >= 0.3 is 5.97 Å². The molecule has 0 atom stereocenters. The molecule has 0 aliphatic carbocycles. The summed E-state index contributed by atoms with van der Waals surface area (Å²) in [5.74, 6) is -1.13. The van der Waals surface area contributed by atoms with Gasteiger partial charge < -0.3 is 14.8 Å². The van der Waals surface area contributed by atoms with Crippen LogP contribution in [0.25, 0.3) is 0 Å². The average molecular weight is 499 g/mol. The van der Waals surface area contributed by atoms with Crippen LogP contribution in [0.2, 0.25) is 0 Å². The zero-order chi connectivity index (χ0) is 23.1. The molecule has 1 amide bonds. The molecule has 0 aliphatic heterocycles. The number of carbonyl (C=O) groups excluding carboxylic acids is 2. The number of hydrogen-bond acceptors (Lipinski definition) is 6. The summed E-state index contributed by atoms with van der Waals surface area (Å²) in [5.41, 5.74) is 1.40. The molecule has 3 aromatic rings. The van der Waals surface area contributed by atoms with E-state index in [0.717, 1.165) is 10.0 Å². The van der Waals surface area contributed by atoms with Crippen LogP contribution in [0.4, 0.5) is 11.4 Å². The van der Waals surface area contributed by atoms with Gasteiger partial charge in [0.25, 0.3) is 11.6 Å². The number of anilines is 1. The zero-order valence-corrected chi connectivity index (χ0v) is 18.6. The van der Waals surface area contributed by atoms with Crippen molar-refractivity contribution in [2.24, 2.45) is 0 Å². The predicted molar refractivity (Wildman–Crippen MR) is 122 cm³/mol. The summed E-state index contributed by atoms with van der Waals surface area (Å²) in [6.45, 7) is 1.25. The summed E-state index contributed by atoms with van der Waals surface area (Å²) in [6.07, 6.45) is 0. The number of ether oxygens (including phenoxy) is 2. The number of halogens is 1. The largest absolute Gasteiger partial charge is 0.488 e. The fraction of sp³-hybridized carbons (Fsp3) is 0.130. The van der Waals surface area contributed by atoms with Crippen LogP contribution < -0.4 is 10.1 Å². The van der Waals surface area contributed by atoms with Gasteiger partial charge in [-0.15, -0.1) is 0 Å². The lowest BCUT2D eigenvalue weighted by molar-refractivity contribution is -0.384. The fourth-order valence-corrected chi connectivity index (χ4v) is 3.28. The lowest BCUT2D eigenvalue weighted by atomic mass is 10.1. The minimum absolute atomic E-state index is 0.0655. The molecule has 0 saturated carbocycles. The molecule has 0 bridgehead atoms. The highest BCUT2D eigenvalue weighted by Gasteiger charge is 2.20. The van der Waals surface area contributed by atoms with Gasteiger partial charge in [-0.25, -0.2) is 4.79 Å². The standard InChI is InChI=1S/C23H19BrN2O6/c1-15-7-6-11-19(26(29)30)22(15)25-21(27)14-32-23(28)17-9-3-5-12-20(17)31-13-16-8-2-4-10-18(16)24/h2-12H,13-14H2,1H3,(H,25,27). The normalized spacial score (nSPS) is 10.3. The molecule has 0 fully saturated rings. The molecule has 3 aromatic carbocycles. The topological polar surface area (TPSA) is 108 Å². The molecule has 0 unspecified atom stereocenters. The highest BCUT2D eigenvalue weighted by Crippen LogP contribution is 2.27. The van der Waals surface area contributed by atoms with E-state index in [1.807, 2.05) is 24.3 Å². The smallest absolute Gasteiger partial charge is 0.342 e. The van der Waals surface area contributed by atoms with Crippen molar-refractivity contribution in [2.45, 2.75) is 13.5 Å². The van der Waals surface area contributed by atoms with Crippen LogP contribution in [0.3, 0.4) is 0 Å². The number of hydrogen-bond donors (Lipinski definition) is 1. The number of para-hydroxylation sites is 2. The maximum Gasteiger partial charge on any atom is 0.342 e. The Morgan fingerprint density at radius 1 is 1.03 bits per heavy atom. The quantitative estimate of drug-likeness (QED) is 0.264. The van der Waals surface area contributed by atoms with Crippen molar-refractivity contribution < 1.29 is 24.0 Å². The van der Waals surface area contributed by atoms with E-state index < -0.39 is 23.4 Å². The van der Waals surface area contributed by atoms with Crippen LogP contribution in [0.15, 0.2) is 71.2 Å². The van der Waals surface area contributed by atoms with Crippen molar-refractivity contribution in [1.29, 1.82) is 0 Å². The maximum absolute atomic E-state index is 12.5. The Bertz CT molecular complexity index is 1160. The second kappa shape index (κ2) is 10.5. The van der Waals surface area contributed by atoms with Gasteiger partial charge in [0.05, 0.1) is 4.92 Å². The van der Waals surface area contributed by atoms with Crippen LogP contribution >= 0.6 is 15.9 Å². The van der Waals surface area contributed by atoms with E-state index in [-0.39, 0.29) is 23.5 Å². The van der Waals surface area contributed by atoms with Gasteiger partial charge in [0.2, 0.25) is 0 Å². The average Bonchev–Trinajstić information content (AvgIpc) is 2.78.